The van der Waals surface area contributed by atoms with Gasteiger partial charge in [-0.1, -0.05) is 261 Å². The van der Waals surface area contributed by atoms with Gasteiger partial charge in [0.1, 0.15) is 0 Å². The topological polar surface area (TPSA) is 19.7 Å². The van der Waals surface area contributed by atoms with E-state index in [1.54, 1.807) is 0 Å². The summed E-state index contributed by atoms with van der Waals surface area (Å²) < 4.78 is 9.89. The van der Waals surface area contributed by atoms with Crippen molar-refractivity contribution in [3.63, 3.8) is 0 Å². The monoisotopic (exact) mass is 1190 g/mol. The van der Waals surface area contributed by atoms with E-state index in [2.05, 4.69) is 370 Å². The molecule has 0 atom stereocenters. The van der Waals surface area contributed by atoms with Gasteiger partial charge in [0.2, 0.25) is 0 Å². The van der Waals surface area contributed by atoms with Crippen molar-refractivity contribution in [1.82, 2.24) is 18.3 Å². The fraction of sp³-hybridized carbons (Fsp3) is 0. The van der Waals surface area contributed by atoms with Crippen LogP contribution in [0.15, 0.2) is 352 Å². The molecule has 0 aliphatic rings. The molecule has 94 heavy (non-hydrogen) atoms. The maximum Gasteiger partial charge on any atom is 0.0549 e. The average Bonchev–Trinajstić information content (AvgIpc) is 1.55. The van der Waals surface area contributed by atoms with Crippen LogP contribution in [-0.4, -0.2) is 18.3 Å². The Labute approximate surface area is 543 Å². The molecule has 0 aliphatic heterocycles. The summed E-state index contributed by atoms with van der Waals surface area (Å²) in [6.07, 6.45) is 0. The second-order valence-corrected chi connectivity index (χ2v) is 24.7. The molecule has 0 aliphatic carbocycles. The number of benzene rings is 15. The van der Waals surface area contributed by atoms with Gasteiger partial charge in [0.15, 0.2) is 0 Å². The highest BCUT2D eigenvalue weighted by molar-refractivity contribution is 6.30. The molecule has 0 saturated heterocycles. The molecule has 0 fully saturated rings. The SMILES string of the molecule is c1ccc(-c2ccc(-n3c4ccccc4c4c5c6ccccc6n(-c6ccc(-c7ccccc7-c7cccc(-c8ccc9c%10c%11c%12ccccc%12n(-c%12ccccc%12-c%12ccccc%12)c%11ccc%10n(-c%10ccccc%10-c%10ccccc%10)c9c8)c7)cc6)c5ccc43)cc2)cc1. The molecule has 0 amide bonds. The number of fused-ring (bicyclic) bond motifs is 14. The quantitative estimate of drug-likeness (QED) is 0.130. The standard InChI is InChI=1S/C90H58N4/c1-4-23-59(24-5-1)60-43-48-67(49-44-60)91-79-40-19-14-35-73(79)87-82(91)53-54-83-88(87)74-36-15-20-41-80(74)92(83)68-50-45-63(46-51-68)69-31-10-11-32-70(69)66-30-22-29-64(57-66)65-47-52-76-86(58-65)94(78-39-18-13-34-72(78)62-27-8-3-9-28-62)85-56-55-84-89(90(76)85)75-37-16-21-42-81(75)93(84)77-38-17-12-33-71(77)61-25-6-2-7-26-61/h1-58H. The molecule has 4 heterocycles. The number of hydrogen-bond donors (Lipinski definition) is 0. The van der Waals surface area contributed by atoms with E-state index >= 15 is 0 Å². The molecular weight excluding hydrogens is 1140 g/mol. The molecule has 0 saturated carbocycles. The zero-order valence-electron chi connectivity index (χ0n) is 51.3. The summed E-state index contributed by atoms with van der Waals surface area (Å²) in [5.41, 5.74) is 28.1. The van der Waals surface area contributed by atoms with Crippen LogP contribution in [0.1, 0.15) is 0 Å². The van der Waals surface area contributed by atoms with Crippen LogP contribution in [-0.2, 0) is 0 Å². The molecule has 19 rings (SSSR count). The Hall–Kier alpha value is -12.5. The van der Waals surface area contributed by atoms with Crippen molar-refractivity contribution in [3.05, 3.63) is 352 Å². The minimum absolute atomic E-state index is 1.12. The first-order valence-electron chi connectivity index (χ1n) is 32.4. The van der Waals surface area contributed by atoms with E-state index in [9.17, 15) is 0 Å². The maximum atomic E-state index is 2.52. The lowest BCUT2D eigenvalue weighted by molar-refractivity contribution is 1.17. The van der Waals surface area contributed by atoms with Crippen LogP contribution in [0.2, 0.25) is 0 Å². The number of para-hydroxylation sites is 5. The highest BCUT2D eigenvalue weighted by atomic mass is 15.0. The summed E-state index contributed by atoms with van der Waals surface area (Å²) in [6, 6.07) is 129. The van der Waals surface area contributed by atoms with Gasteiger partial charge in [0.25, 0.3) is 0 Å². The molecule has 4 nitrogen and oxygen atoms in total. The van der Waals surface area contributed by atoms with E-state index in [1.807, 2.05) is 0 Å². The summed E-state index contributed by atoms with van der Waals surface area (Å²) in [7, 11) is 0. The van der Waals surface area contributed by atoms with Crippen LogP contribution in [0, 0.1) is 0 Å². The van der Waals surface area contributed by atoms with Crippen LogP contribution in [0.4, 0.5) is 0 Å². The highest BCUT2D eigenvalue weighted by Gasteiger charge is 2.25. The summed E-state index contributed by atoms with van der Waals surface area (Å²) >= 11 is 0. The smallest absolute Gasteiger partial charge is 0.0549 e. The second kappa shape index (κ2) is 21.6. The van der Waals surface area contributed by atoms with Crippen molar-refractivity contribution >= 4 is 87.2 Å². The first-order valence-corrected chi connectivity index (χ1v) is 32.4. The average molecular weight is 1200 g/mol. The third kappa shape index (κ3) is 8.33. The fourth-order valence-corrected chi connectivity index (χ4v) is 15.5. The van der Waals surface area contributed by atoms with E-state index in [4.69, 9.17) is 0 Å². The Balaban J connectivity index is 0.728. The van der Waals surface area contributed by atoms with Crippen molar-refractivity contribution in [1.29, 1.82) is 0 Å². The maximum absolute atomic E-state index is 2.52. The summed E-state index contributed by atoms with van der Waals surface area (Å²) in [6.45, 7) is 0. The molecule has 0 radical (unpaired) electrons. The van der Waals surface area contributed by atoms with Crippen molar-refractivity contribution in [2.75, 3.05) is 0 Å². The summed E-state index contributed by atoms with van der Waals surface area (Å²) in [5, 5.41) is 9.92. The minimum Gasteiger partial charge on any atom is -0.309 e. The van der Waals surface area contributed by atoms with Crippen molar-refractivity contribution in [3.8, 4) is 89.5 Å². The van der Waals surface area contributed by atoms with Crippen molar-refractivity contribution in [2.45, 2.75) is 0 Å². The van der Waals surface area contributed by atoms with Gasteiger partial charge >= 0.3 is 0 Å². The lowest BCUT2D eigenvalue weighted by Gasteiger charge is -2.15. The zero-order chi connectivity index (χ0) is 61.8. The molecule has 4 heteroatoms. The molecular formula is C90H58N4. The normalized spacial score (nSPS) is 11.8. The largest absolute Gasteiger partial charge is 0.309 e. The van der Waals surface area contributed by atoms with Gasteiger partial charge in [-0.3, -0.25) is 0 Å². The summed E-state index contributed by atoms with van der Waals surface area (Å²) in [5.74, 6) is 0. The first-order chi connectivity index (χ1) is 46.7. The van der Waals surface area contributed by atoms with Gasteiger partial charge in [-0.15, -0.1) is 0 Å². The van der Waals surface area contributed by atoms with Crippen LogP contribution in [0.5, 0.6) is 0 Å². The van der Waals surface area contributed by atoms with E-state index in [0.29, 0.717) is 0 Å². The third-order valence-corrected chi connectivity index (χ3v) is 19.6. The van der Waals surface area contributed by atoms with Crippen molar-refractivity contribution in [2.24, 2.45) is 0 Å². The zero-order valence-corrected chi connectivity index (χ0v) is 51.3. The number of hydrogen-bond acceptors (Lipinski definition) is 0. The van der Waals surface area contributed by atoms with Gasteiger partial charge in [-0.25, -0.2) is 0 Å². The molecule has 0 unspecified atom stereocenters. The summed E-state index contributed by atoms with van der Waals surface area (Å²) in [4.78, 5) is 0. The van der Waals surface area contributed by atoms with Gasteiger partial charge in [-0.05, 0) is 147 Å². The Morgan fingerprint density at radius 3 is 0.957 bits per heavy atom. The Morgan fingerprint density at radius 2 is 0.457 bits per heavy atom. The van der Waals surface area contributed by atoms with Crippen LogP contribution >= 0.6 is 0 Å². The Bertz CT molecular complexity index is 6180. The highest BCUT2D eigenvalue weighted by Crippen LogP contribution is 2.48. The number of rotatable bonds is 10. The van der Waals surface area contributed by atoms with Crippen LogP contribution in [0.25, 0.3) is 177 Å². The third-order valence-electron chi connectivity index (χ3n) is 19.6. The molecule has 4 aromatic heterocycles. The van der Waals surface area contributed by atoms with Gasteiger partial charge in [-0.2, -0.15) is 0 Å². The predicted octanol–water partition coefficient (Wildman–Crippen LogP) is 24.1. The molecule has 19 aromatic rings. The Morgan fingerprint density at radius 1 is 0.149 bits per heavy atom. The van der Waals surface area contributed by atoms with Gasteiger partial charge in [0.05, 0.1) is 55.5 Å². The lowest BCUT2D eigenvalue weighted by atomic mass is 9.92. The van der Waals surface area contributed by atoms with Gasteiger partial charge in [0, 0.05) is 65.6 Å². The minimum atomic E-state index is 1.12. The molecule has 15 aromatic carbocycles. The molecule has 0 N–H and O–H groups in total. The van der Waals surface area contributed by atoms with Crippen molar-refractivity contribution < 1.29 is 0 Å². The number of nitrogens with zero attached hydrogens (tertiary/aromatic N) is 4. The van der Waals surface area contributed by atoms with E-state index in [0.717, 1.165) is 56.0 Å². The fourth-order valence-electron chi connectivity index (χ4n) is 15.5. The molecule has 0 bridgehead atoms. The second-order valence-electron chi connectivity index (χ2n) is 24.7. The molecule has 0 spiro atoms. The van der Waals surface area contributed by atoms with E-state index in [1.165, 1.54) is 121 Å². The van der Waals surface area contributed by atoms with E-state index < -0.39 is 0 Å². The molecule has 438 valence electrons. The predicted molar refractivity (Wildman–Crippen MR) is 396 cm³/mol. The first kappa shape index (κ1) is 53.3. The van der Waals surface area contributed by atoms with E-state index in [-0.39, 0.29) is 0 Å². The Kier molecular flexibility index (Phi) is 12.3. The van der Waals surface area contributed by atoms with Crippen LogP contribution < -0.4 is 0 Å². The van der Waals surface area contributed by atoms with Crippen LogP contribution in [0.3, 0.4) is 0 Å². The lowest BCUT2D eigenvalue weighted by Crippen LogP contribution is -1.98. The van der Waals surface area contributed by atoms with Gasteiger partial charge < -0.3 is 18.3 Å². The number of aromatic nitrogens is 4.